The fourth-order valence-electron chi connectivity index (χ4n) is 3.72. The van der Waals surface area contributed by atoms with Crippen molar-refractivity contribution in [2.24, 2.45) is 5.41 Å². The van der Waals surface area contributed by atoms with Gasteiger partial charge < -0.3 is 14.8 Å². The van der Waals surface area contributed by atoms with Crippen LogP contribution >= 0.6 is 0 Å². The molecule has 1 N–H and O–H groups in total. The summed E-state index contributed by atoms with van der Waals surface area (Å²) in [4.78, 5) is 12.2. The van der Waals surface area contributed by atoms with Crippen LogP contribution in [0.5, 0.6) is 11.5 Å². The average Bonchev–Trinajstić information content (AvgIpc) is 3.20. The molecule has 10 heteroatoms. The van der Waals surface area contributed by atoms with Crippen molar-refractivity contribution in [1.29, 1.82) is 0 Å². The number of rotatable bonds is 5. The topological polar surface area (TPSA) is 84.9 Å². The van der Waals surface area contributed by atoms with E-state index in [9.17, 15) is 22.0 Å². The minimum atomic E-state index is -4.11. The van der Waals surface area contributed by atoms with Gasteiger partial charge in [0.15, 0.2) is 11.5 Å². The Morgan fingerprint density at radius 2 is 1.81 bits per heavy atom. The van der Waals surface area contributed by atoms with E-state index in [4.69, 9.17) is 9.47 Å². The van der Waals surface area contributed by atoms with Crippen molar-refractivity contribution >= 4 is 15.9 Å². The fraction of sp³-hybridized carbons (Fsp3) is 0.381. The lowest BCUT2D eigenvalue weighted by atomic mass is 9.80. The molecule has 0 aromatic heterocycles. The highest BCUT2D eigenvalue weighted by molar-refractivity contribution is 7.89. The Labute approximate surface area is 179 Å². The summed E-state index contributed by atoms with van der Waals surface area (Å²) in [5.74, 6) is -0.871. The van der Waals surface area contributed by atoms with Gasteiger partial charge in [-0.25, -0.2) is 17.2 Å². The number of fused-ring (bicyclic) bond motifs is 1. The van der Waals surface area contributed by atoms with E-state index in [1.807, 2.05) is 6.07 Å². The summed E-state index contributed by atoms with van der Waals surface area (Å²) in [6, 6.07) is 7.80. The van der Waals surface area contributed by atoms with Crippen LogP contribution in [0.4, 0.5) is 8.78 Å². The molecule has 2 aliphatic heterocycles. The van der Waals surface area contributed by atoms with Crippen molar-refractivity contribution in [1.82, 2.24) is 9.62 Å². The zero-order valence-corrected chi connectivity index (χ0v) is 17.7. The molecule has 0 aliphatic carbocycles. The largest absolute Gasteiger partial charge is 0.454 e. The standard InChI is InChI=1S/C21H22F2N2O5S/c1-21(20(26)24-12-14-2-4-17-18(10-14)30-13-29-17)6-8-25(9-7-21)31(27,28)19-5-3-15(22)11-16(19)23/h2-5,10-11H,6-9,12-13H2,1H3,(H,24,26). The van der Waals surface area contributed by atoms with Gasteiger partial charge in [0.1, 0.15) is 16.5 Å². The van der Waals surface area contributed by atoms with Gasteiger partial charge in [-0.15, -0.1) is 0 Å². The van der Waals surface area contributed by atoms with Gasteiger partial charge in [-0.05, 0) is 42.7 Å². The maximum absolute atomic E-state index is 14.0. The number of ether oxygens (including phenoxy) is 2. The number of nitrogens with one attached hydrogen (secondary N) is 1. The third-order valence-electron chi connectivity index (χ3n) is 5.78. The lowest BCUT2D eigenvalue weighted by molar-refractivity contribution is -0.132. The molecule has 0 unspecified atom stereocenters. The van der Waals surface area contributed by atoms with Gasteiger partial charge in [0.2, 0.25) is 22.7 Å². The molecule has 2 aromatic carbocycles. The number of piperidine rings is 1. The lowest BCUT2D eigenvalue weighted by Crippen LogP contribution is -2.48. The molecule has 0 atom stereocenters. The molecular formula is C21H22F2N2O5S. The smallest absolute Gasteiger partial charge is 0.245 e. The summed E-state index contributed by atoms with van der Waals surface area (Å²) in [5, 5.41) is 2.90. The normalized spacial score (nSPS) is 18.0. The third-order valence-corrected chi connectivity index (χ3v) is 7.71. The number of carbonyl (C=O) groups excluding carboxylic acids is 1. The predicted octanol–water partition coefficient (Wildman–Crippen LogP) is 2.80. The summed E-state index contributed by atoms with van der Waals surface area (Å²) in [6.07, 6.45) is 0.560. The highest BCUT2D eigenvalue weighted by Gasteiger charge is 2.40. The molecule has 0 spiro atoms. The van der Waals surface area contributed by atoms with Gasteiger partial charge in [-0.3, -0.25) is 4.79 Å². The van der Waals surface area contributed by atoms with Crippen LogP contribution in [0.25, 0.3) is 0 Å². The minimum absolute atomic E-state index is 0.0626. The Bertz CT molecular complexity index is 1110. The molecule has 4 rings (SSSR count). The molecule has 2 aromatic rings. The van der Waals surface area contributed by atoms with Crippen LogP contribution in [0.15, 0.2) is 41.3 Å². The third kappa shape index (κ3) is 4.22. The van der Waals surface area contributed by atoms with Crippen LogP contribution in [0.2, 0.25) is 0 Å². The monoisotopic (exact) mass is 452 g/mol. The van der Waals surface area contributed by atoms with Gasteiger partial charge in [0, 0.05) is 31.1 Å². The van der Waals surface area contributed by atoms with Crippen molar-refractivity contribution in [2.75, 3.05) is 19.9 Å². The molecule has 1 fully saturated rings. The van der Waals surface area contributed by atoms with Crippen LogP contribution in [0.3, 0.4) is 0 Å². The zero-order valence-electron chi connectivity index (χ0n) is 16.9. The van der Waals surface area contributed by atoms with Crippen LogP contribution < -0.4 is 14.8 Å². The number of hydrogen-bond donors (Lipinski definition) is 1. The maximum Gasteiger partial charge on any atom is 0.245 e. The number of benzene rings is 2. The van der Waals surface area contributed by atoms with Gasteiger partial charge in [-0.1, -0.05) is 13.0 Å². The summed E-state index contributed by atoms with van der Waals surface area (Å²) in [6.45, 7) is 2.38. The first-order valence-electron chi connectivity index (χ1n) is 9.81. The first kappa shape index (κ1) is 21.5. The number of carbonyl (C=O) groups is 1. The highest BCUT2D eigenvalue weighted by atomic mass is 32.2. The quantitative estimate of drug-likeness (QED) is 0.754. The molecular weight excluding hydrogens is 430 g/mol. The van der Waals surface area contributed by atoms with Gasteiger partial charge >= 0.3 is 0 Å². The second-order valence-electron chi connectivity index (χ2n) is 7.91. The fourth-order valence-corrected chi connectivity index (χ4v) is 5.20. The van der Waals surface area contributed by atoms with E-state index in [0.29, 0.717) is 24.1 Å². The zero-order chi connectivity index (χ0) is 22.2. The van der Waals surface area contributed by atoms with Crippen molar-refractivity contribution in [3.8, 4) is 11.5 Å². The van der Waals surface area contributed by atoms with Crippen LogP contribution in [0, 0.1) is 17.0 Å². The van der Waals surface area contributed by atoms with Crippen LogP contribution in [0.1, 0.15) is 25.3 Å². The molecule has 1 amide bonds. The molecule has 31 heavy (non-hydrogen) atoms. The van der Waals surface area contributed by atoms with E-state index in [-0.39, 0.29) is 38.6 Å². The van der Waals surface area contributed by atoms with Crippen molar-refractivity contribution < 1.29 is 31.5 Å². The molecule has 0 radical (unpaired) electrons. The maximum atomic E-state index is 14.0. The van der Waals surface area contributed by atoms with E-state index >= 15 is 0 Å². The average molecular weight is 452 g/mol. The van der Waals surface area contributed by atoms with Gasteiger partial charge in [0.05, 0.1) is 0 Å². The molecule has 0 saturated carbocycles. The molecule has 2 aliphatic rings. The Morgan fingerprint density at radius 3 is 2.52 bits per heavy atom. The van der Waals surface area contributed by atoms with Crippen LogP contribution in [-0.2, 0) is 21.4 Å². The van der Waals surface area contributed by atoms with Crippen molar-refractivity contribution in [3.63, 3.8) is 0 Å². The Balaban J connectivity index is 1.38. The Morgan fingerprint density at radius 1 is 1.10 bits per heavy atom. The Kier molecular flexibility index (Phi) is 5.61. The van der Waals surface area contributed by atoms with Gasteiger partial charge in [-0.2, -0.15) is 4.31 Å². The van der Waals surface area contributed by atoms with E-state index in [1.165, 1.54) is 0 Å². The second kappa shape index (κ2) is 8.08. The van der Waals surface area contributed by atoms with Crippen molar-refractivity contribution in [3.05, 3.63) is 53.6 Å². The van der Waals surface area contributed by atoms with E-state index in [0.717, 1.165) is 22.0 Å². The van der Waals surface area contributed by atoms with E-state index < -0.39 is 32.0 Å². The van der Waals surface area contributed by atoms with Crippen molar-refractivity contribution in [2.45, 2.75) is 31.2 Å². The van der Waals surface area contributed by atoms with Crippen LogP contribution in [-0.4, -0.2) is 38.5 Å². The number of nitrogens with zero attached hydrogens (tertiary/aromatic N) is 1. The second-order valence-corrected chi connectivity index (χ2v) is 9.82. The Hall–Kier alpha value is -2.72. The summed E-state index contributed by atoms with van der Waals surface area (Å²) < 4.78 is 64.3. The molecule has 0 bridgehead atoms. The lowest BCUT2D eigenvalue weighted by Gasteiger charge is -2.37. The molecule has 2 heterocycles. The predicted molar refractivity (Wildman–Crippen MR) is 107 cm³/mol. The van der Waals surface area contributed by atoms with E-state index in [1.54, 1.807) is 19.1 Å². The molecule has 7 nitrogen and oxygen atoms in total. The summed E-state index contributed by atoms with van der Waals surface area (Å²) in [7, 11) is -4.11. The number of sulfonamides is 1. The number of hydrogen-bond acceptors (Lipinski definition) is 5. The summed E-state index contributed by atoms with van der Waals surface area (Å²) >= 11 is 0. The highest BCUT2D eigenvalue weighted by Crippen LogP contribution is 2.35. The van der Waals surface area contributed by atoms with E-state index in [2.05, 4.69) is 5.32 Å². The SMILES string of the molecule is CC1(C(=O)NCc2ccc3c(c2)OCO3)CCN(S(=O)(=O)c2ccc(F)cc2F)CC1. The summed E-state index contributed by atoms with van der Waals surface area (Å²) in [5.41, 5.74) is 0.0944. The first-order valence-corrected chi connectivity index (χ1v) is 11.3. The number of amides is 1. The minimum Gasteiger partial charge on any atom is -0.454 e. The van der Waals surface area contributed by atoms with Gasteiger partial charge in [0.25, 0.3) is 0 Å². The number of halogens is 2. The molecule has 166 valence electrons. The first-order chi connectivity index (χ1) is 14.7. The molecule has 1 saturated heterocycles.